The summed E-state index contributed by atoms with van der Waals surface area (Å²) in [7, 11) is -1.70. The predicted octanol–water partition coefficient (Wildman–Crippen LogP) is 4.28. The highest BCUT2D eigenvalue weighted by atomic mass is 28.4. The van der Waals surface area contributed by atoms with Gasteiger partial charge in [-0.05, 0) is 54.7 Å². The molecule has 0 bridgehead atoms. The lowest BCUT2D eigenvalue weighted by Gasteiger charge is -2.36. The molecule has 0 saturated carbocycles. The third kappa shape index (κ3) is 4.68. The van der Waals surface area contributed by atoms with Crippen molar-refractivity contribution in [1.82, 2.24) is 0 Å². The summed E-state index contributed by atoms with van der Waals surface area (Å²) in [5, 5.41) is 0.223. The monoisotopic (exact) mass is 297 g/mol. The van der Waals surface area contributed by atoms with Gasteiger partial charge in [0.15, 0.2) is 8.32 Å². The van der Waals surface area contributed by atoms with Crippen molar-refractivity contribution in [1.29, 1.82) is 0 Å². The first-order chi connectivity index (χ1) is 9.17. The molecule has 1 aromatic rings. The van der Waals surface area contributed by atoms with Gasteiger partial charge in [-0.3, -0.25) is 0 Å². The molecule has 0 aliphatic carbocycles. The molecule has 1 rings (SSSR count). The SMILES string of the molecule is CC(C)(C)[Si](C)(C)OCCC(CN)c1ccc(F)cc1. The first-order valence-electron chi connectivity index (χ1n) is 7.27. The van der Waals surface area contributed by atoms with E-state index in [-0.39, 0.29) is 16.8 Å². The number of nitrogens with two attached hydrogens (primary N) is 1. The predicted molar refractivity (Wildman–Crippen MR) is 86.0 cm³/mol. The van der Waals surface area contributed by atoms with Gasteiger partial charge in [0.25, 0.3) is 0 Å². The van der Waals surface area contributed by atoms with Gasteiger partial charge >= 0.3 is 0 Å². The summed E-state index contributed by atoms with van der Waals surface area (Å²) in [6.07, 6.45) is 0.884. The molecule has 2 N–H and O–H groups in total. The standard InChI is InChI=1S/C16H28FNOSi/c1-16(2,3)20(4,5)19-11-10-14(12-18)13-6-8-15(17)9-7-13/h6-9,14H,10-12,18H2,1-5H3. The molecular weight excluding hydrogens is 269 g/mol. The normalized spacial score (nSPS) is 14.3. The van der Waals surface area contributed by atoms with E-state index in [4.69, 9.17) is 10.2 Å². The molecule has 0 radical (unpaired) electrons. The van der Waals surface area contributed by atoms with Crippen molar-refractivity contribution in [2.45, 2.75) is 51.2 Å². The molecule has 0 spiro atoms. The second kappa shape index (κ2) is 6.83. The van der Waals surface area contributed by atoms with Gasteiger partial charge in [0.2, 0.25) is 0 Å². The minimum absolute atomic E-state index is 0.206. The molecule has 4 heteroatoms. The highest BCUT2D eigenvalue weighted by Gasteiger charge is 2.36. The van der Waals surface area contributed by atoms with E-state index in [9.17, 15) is 4.39 Å². The first kappa shape index (κ1) is 17.3. The van der Waals surface area contributed by atoms with Gasteiger partial charge in [-0.15, -0.1) is 0 Å². The van der Waals surface area contributed by atoms with E-state index >= 15 is 0 Å². The minimum Gasteiger partial charge on any atom is -0.417 e. The summed E-state index contributed by atoms with van der Waals surface area (Å²) in [6, 6.07) is 6.62. The Morgan fingerprint density at radius 1 is 1.20 bits per heavy atom. The summed E-state index contributed by atoms with van der Waals surface area (Å²) >= 11 is 0. The third-order valence-corrected chi connectivity index (χ3v) is 8.90. The van der Waals surface area contributed by atoms with Crippen molar-refractivity contribution in [3.05, 3.63) is 35.6 Å². The van der Waals surface area contributed by atoms with E-state index in [0.717, 1.165) is 18.6 Å². The lowest BCUT2D eigenvalue weighted by atomic mass is 9.96. The third-order valence-electron chi connectivity index (χ3n) is 4.36. The van der Waals surface area contributed by atoms with Crippen molar-refractivity contribution < 1.29 is 8.82 Å². The Kier molecular flexibility index (Phi) is 5.92. The fourth-order valence-corrected chi connectivity index (χ4v) is 2.89. The molecular formula is C16H28FNOSi. The molecule has 2 nitrogen and oxygen atoms in total. The maximum atomic E-state index is 12.9. The smallest absolute Gasteiger partial charge is 0.191 e. The van der Waals surface area contributed by atoms with E-state index in [0.29, 0.717) is 6.54 Å². The Bertz CT molecular complexity index is 411. The highest BCUT2D eigenvalue weighted by molar-refractivity contribution is 6.74. The molecule has 1 unspecified atom stereocenters. The van der Waals surface area contributed by atoms with Gasteiger partial charge < -0.3 is 10.2 Å². The molecule has 0 heterocycles. The summed E-state index contributed by atoms with van der Waals surface area (Å²) in [6.45, 7) is 12.5. The molecule has 1 atom stereocenters. The second-order valence-corrected chi connectivity index (χ2v) is 11.7. The Hall–Kier alpha value is -0.713. The van der Waals surface area contributed by atoms with Crippen molar-refractivity contribution >= 4 is 8.32 Å². The van der Waals surface area contributed by atoms with Gasteiger partial charge in [0, 0.05) is 6.61 Å². The summed E-state index contributed by atoms with van der Waals surface area (Å²) in [5.41, 5.74) is 6.93. The molecule has 0 fully saturated rings. The van der Waals surface area contributed by atoms with E-state index in [1.807, 2.05) is 12.1 Å². The van der Waals surface area contributed by atoms with E-state index < -0.39 is 8.32 Å². The molecule has 114 valence electrons. The zero-order chi connectivity index (χ0) is 15.4. The van der Waals surface area contributed by atoms with Crippen LogP contribution in [0.3, 0.4) is 0 Å². The number of halogens is 1. The van der Waals surface area contributed by atoms with Crippen molar-refractivity contribution in [3.63, 3.8) is 0 Å². The van der Waals surface area contributed by atoms with Crippen LogP contribution in [0.4, 0.5) is 4.39 Å². The maximum absolute atomic E-state index is 12.9. The van der Waals surface area contributed by atoms with Gasteiger partial charge in [-0.25, -0.2) is 4.39 Å². The quantitative estimate of drug-likeness (QED) is 0.795. The maximum Gasteiger partial charge on any atom is 0.191 e. The lowest BCUT2D eigenvalue weighted by molar-refractivity contribution is 0.272. The second-order valence-electron chi connectivity index (χ2n) is 6.88. The highest BCUT2D eigenvalue weighted by Crippen LogP contribution is 2.36. The van der Waals surface area contributed by atoms with Crippen LogP contribution in [0.2, 0.25) is 18.1 Å². The summed E-state index contributed by atoms with van der Waals surface area (Å²) in [5.74, 6) is 0.0300. The number of benzene rings is 1. The molecule has 0 aromatic heterocycles. The van der Waals surface area contributed by atoms with Crippen LogP contribution in [0.15, 0.2) is 24.3 Å². The number of hydrogen-bond acceptors (Lipinski definition) is 2. The molecule has 0 aliphatic heterocycles. The van der Waals surface area contributed by atoms with Crippen molar-refractivity contribution in [2.75, 3.05) is 13.2 Å². The van der Waals surface area contributed by atoms with Crippen LogP contribution in [0.5, 0.6) is 0 Å². The van der Waals surface area contributed by atoms with E-state index in [1.165, 1.54) is 12.1 Å². The van der Waals surface area contributed by atoms with Crippen LogP contribution in [0.25, 0.3) is 0 Å². The van der Waals surface area contributed by atoms with Crippen molar-refractivity contribution in [3.8, 4) is 0 Å². The van der Waals surface area contributed by atoms with Crippen LogP contribution in [-0.2, 0) is 4.43 Å². The first-order valence-corrected chi connectivity index (χ1v) is 10.2. The average Bonchev–Trinajstić information content (AvgIpc) is 2.34. The van der Waals surface area contributed by atoms with Gasteiger partial charge in [0.05, 0.1) is 0 Å². The fraction of sp³-hybridized carbons (Fsp3) is 0.625. The topological polar surface area (TPSA) is 35.2 Å². The number of rotatable bonds is 6. The van der Waals surface area contributed by atoms with E-state index in [2.05, 4.69) is 33.9 Å². The lowest BCUT2D eigenvalue weighted by Crippen LogP contribution is -2.41. The van der Waals surface area contributed by atoms with Crippen LogP contribution < -0.4 is 5.73 Å². The molecule has 0 aliphatic rings. The number of hydrogen-bond donors (Lipinski definition) is 1. The average molecular weight is 297 g/mol. The van der Waals surface area contributed by atoms with Gasteiger partial charge in [-0.1, -0.05) is 32.9 Å². The minimum atomic E-state index is -1.70. The van der Waals surface area contributed by atoms with Crippen molar-refractivity contribution in [2.24, 2.45) is 5.73 Å². The fourth-order valence-electron chi connectivity index (χ4n) is 1.83. The summed E-state index contributed by atoms with van der Waals surface area (Å²) < 4.78 is 19.1. The summed E-state index contributed by atoms with van der Waals surface area (Å²) in [4.78, 5) is 0. The molecule has 0 saturated heterocycles. The molecule has 20 heavy (non-hydrogen) atoms. The zero-order valence-electron chi connectivity index (χ0n) is 13.4. The Labute approximate surface area is 123 Å². The van der Waals surface area contributed by atoms with Crippen LogP contribution in [0.1, 0.15) is 38.7 Å². The van der Waals surface area contributed by atoms with Gasteiger partial charge in [-0.2, -0.15) is 0 Å². The Morgan fingerprint density at radius 2 is 1.75 bits per heavy atom. The van der Waals surface area contributed by atoms with Crippen LogP contribution in [0, 0.1) is 5.82 Å². The largest absolute Gasteiger partial charge is 0.417 e. The molecule has 0 amide bonds. The van der Waals surface area contributed by atoms with Crippen LogP contribution in [-0.4, -0.2) is 21.5 Å². The van der Waals surface area contributed by atoms with Crippen LogP contribution >= 0.6 is 0 Å². The van der Waals surface area contributed by atoms with Gasteiger partial charge in [0.1, 0.15) is 5.82 Å². The Balaban J connectivity index is 2.57. The molecule has 1 aromatic carbocycles. The Morgan fingerprint density at radius 3 is 2.20 bits per heavy atom. The zero-order valence-corrected chi connectivity index (χ0v) is 14.4. The van der Waals surface area contributed by atoms with E-state index in [1.54, 1.807) is 0 Å².